The normalized spacial score (nSPS) is 14.0. The maximum atomic E-state index is 12.4. The Hall–Kier alpha value is -2.92. The number of rotatable bonds is 10. The molecule has 3 N–H and O–H groups in total. The smallest absolute Gasteiger partial charge is 0.322 e. The van der Waals surface area contributed by atoms with Crippen LogP contribution in [0.25, 0.3) is 6.08 Å². The number of aryl methyl sites for hydroxylation is 2. The standard InChI is InChI=1S/C31H43NO4/c1-9-30(10-2,25-14-15-26(22(5)19-25)28(35)32-20-27(33)34)24-13-12-23(21(4)18-24)16-17-31(36,11-3)29(6,7)8/h12-19,36H,9-11,20H2,1-8H3,(H,32,35)(H,33,34)/b17-16+. The van der Waals surface area contributed by atoms with Gasteiger partial charge in [-0.15, -0.1) is 0 Å². The lowest BCUT2D eigenvalue weighted by atomic mass is 9.69. The maximum absolute atomic E-state index is 12.4. The van der Waals surface area contributed by atoms with E-state index in [0.717, 1.165) is 35.1 Å². The number of hydrogen-bond donors (Lipinski definition) is 3. The van der Waals surface area contributed by atoms with Crippen molar-refractivity contribution in [3.8, 4) is 0 Å². The Morgan fingerprint density at radius 2 is 1.44 bits per heavy atom. The fourth-order valence-electron chi connectivity index (χ4n) is 4.99. The van der Waals surface area contributed by atoms with Crippen LogP contribution in [0.15, 0.2) is 42.5 Å². The Kier molecular flexibility index (Phi) is 9.30. The lowest BCUT2D eigenvalue weighted by Gasteiger charge is -2.37. The van der Waals surface area contributed by atoms with Crippen molar-refractivity contribution in [1.29, 1.82) is 0 Å². The summed E-state index contributed by atoms with van der Waals surface area (Å²) in [7, 11) is 0. The lowest BCUT2D eigenvalue weighted by Crippen LogP contribution is -2.40. The molecule has 1 unspecified atom stereocenters. The second-order valence-electron chi connectivity index (χ2n) is 10.8. The number of nitrogens with one attached hydrogen (secondary N) is 1. The lowest BCUT2D eigenvalue weighted by molar-refractivity contribution is -0.135. The largest absolute Gasteiger partial charge is 0.480 e. The predicted octanol–water partition coefficient (Wildman–Crippen LogP) is 6.42. The molecule has 0 aliphatic heterocycles. The zero-order valence-corrected chi connectivity index (χ0v) is 23.2. The zero-order valence-electron chi connectivity index (χ0n) is 23.2. The summed E-state index contributed by atoms with van der Waals surface area (Å²) in [6, 6.07) is 12.4. The van der Waals surface area contributed by atoms with E-state index in [9.17, 15) is 14.7 Å². The van der Waals surface area contributed by atoms with Crippen molar-refractivity contribution in [3.63, 3.8) is 0 Å². The van der Waals surface area contributed by atoms with Crippen molar-refractivity contribution < 1.29 is 19.8 Å². The number of carbonyl (C=O) groups excluding carboxylic acids is 1. The van der Waals surface area contributed by atoms with Gasteiger partial charge in [0.15, 0.2) is 0 Å². The fourth-order valence-corrected chi connectivity index (χ4v) is 4.99. The van der Waals surface area contributed by atoms with Gasteiger partial charge in [-0.3, -0.25) is 9.59 Å². The topological polar surface area (TPSA) is 86.6 Å². The summed E-state index contributed by atoms with van der Waals surface area (Å²) < 4.78 is 0. The Morgan fingerprint density at radius 3 is 1.89 bits per heavy atom. The van der Waals surface area contributed by atoms with Crippen LogP contribution in [0.1, 0.15) is 99.0 Å². The molecule has 1 atom stereocenters. The third-order valence-electron chi connectivity index (χ3n) is 7.83. The van der Waals surface area contributed by atoms with Crippen LogP contribution in [0.3, 0.4) is 0 Å². The molecule has 0 saturated heterocycles. The number of carbonyl (C=O) groups is 2. The number of amides is 1. The van der Waals surface area contributed by atoms with Crippen molar-refractivity contribution in [2.75, 3.05) is 6.54 Å². The fraction of sp³-hybridized carbons (Fsp3) is 0.484. The van der Waals surface area contributed by atoms with Gasteiger partial charge in [-0.2, -0.15) is 0 Å². The number of carboxylic acid groups (broad SMARTS) is 1. The summed E-state index contributed by atoms with van der Waals surface area (Å²) in [6.45, 7) is 16.1. The minimum absolute atomic E-state index is 0.219. The van der Waals surface area contributed by atoms with E-state index in [1.807, 2.05) is 32.1 Å². The molecular formula is C31H43NO4. The van der Waals surface area contributed by atoms with Gasteiger partial charge in [0, 0.05) is 11.0 Å². The molecular weight excluding hydrogens is 450 g/mol. The van der Waals surface area contributed by atoms with E-state index in [-0.39, 0.29) is 16.7 Å². The zero-order chi connectivity index (χ0) is 27.3. The molecule has 0 bridgehead atoms. The Labute approximate surface area is 216 Å². The summed E-state index contributed by atoms with van der Waals surface area (Å²) in [6.07, 6.45) is 6.38. The molecule has 2 aromatic carbocycles. The third kappa shape index (κ3) is 6.07. The van der Waals surface area contributed by atoms with Crippen LogP contribution < -0.4 is 5.32 Å². The first-order valence-electron chi connectivity index (χ1n) is 12.9. The van der Waals surface area contributed by atoms with Crippen molar-refractivity contribution >= 4 is 18.0 Å². The Balaban J connectivity index is 2.46. The highest BCUT2D eigenvalue weighted by Crippen LogP contribution is 2.41. The first-order chi connectivity index (χ1) is 16.7. The molecule has 0 aliphatic carbocycles. The van der Waals surface area contributed by atoms with Gasteiger partial charge in [0.25, 0.3) is 5.91 Å². The van der Waals surface area contributed by atoms with Crippen LogP contribution in [-0.4, -0.2) is 34.2 Å². The SMILES string of the molecule is CCC(CC)(c1ccc(/C=C/C(O)(CC)C(C)(C)C)c(C)c1)c1ccc(C(=O)NCC(=O)O)c(C)c1. The first-order valence-corrected chi connectivity index (χ1v) is 12.9. The van der Waals surface area contributed by atoms with Crippen LogP contribution in [0.4, 0.5) is 0 Å². The van der Waals surface area contributed by atoms with Gasteiger partial charge in [0.05, 0.1) is 5.60 Å². The summed E-state index contributed by atoms with van der Waals surface area (Å²) in [4.78, 5) is 23.2. The second kappa shape index (κ2) is 11.4. The van der Waals surface area contributed by atoms with Crippen molar-refractivity contribution in [2.24, 2.45) is 5.41 Å². The van der Waals surface area contributed by atoms with Gasteiger partial charge in [0.2, 0.25) is 0 Å². The van der Waals surface area contributed by atoms with Crippen LogP contribution >= 0.6 is 0 Å². The van der Waals surface area contributed by atoms with Gasteiger partial charge >= 0.3 is 5.97 Å². The highest BCUT2D eigenvalue weighted by atomic mass is 16.4. The molecule has 2 rings (SSSR count). The van der Waals surface area contributed by atoms with Gasteiger partial charge in [0.1, 0.15) is 6.54 Å². The van der Waals surface area contributed by atoms with Crippen LogP contribution in [-0.2, 0) is 10.2 Å². The third-order valence-corrected chi connectivity index (χ3v) is 7.83. The monoisotopic (exact) mass is 493 g/mol. The van der Waals surface area contributed by atoms with Crippen molar-refractivity contribution in [2.45, 2.75) is 85.7 Å². The Bertz CT molecular complexity index is 1120. The number of aliphatic carboxylic acids is 1. The van der Waals surface area contributed by atoms with Gasteiger partial charge < -0.3 is 15.5 Å². The van der Waals surface area contributed by atoms with Crippen molar-refractivity contribution in [3.05, 3.63) is 75.9 Å². The quantitative estimate of drug-likeness (QED) is 0.356. The molecule has 0 spiro atoms. The molecule has 0 aromatic heterocycles. The molecule has 1 amide bonds. The number of benzene rings is 2. The number of hydrogen-bond acceptors (Lipinski definition) is 3. The highest BCUT2D eigenvalue weighted by Gasteiger charge is 2.36. The van der Waals surface area contributed by atoms with E-state index < -0.39 is 18.1 Å². The number of carboxylic acids is 1. The average Bonchev–Trinajstić information content (AvgIpc) is 2.82. The van der Waals surface area contributed by atoms with Gasteiger partial charge in [-0.05, 0) is 72.4 Å². The van der Waals surface area contributed by atoms with Crippen LogP contribution in [0.2, 0.25) is 0 Å². The van der Waals surface area contributed by atoms with E-state index in [1.54, 1.807) is 6.07 Å². The average molecular weight is 494 g/mol. The van der Waals surface area contributed by atoms with Gasteiger partial charge in [-0.1, -0.05) is 84.0 Å². The van der Waals surface area contributed by atoms with Crippen molar-refractivity contribution in [1.82, 2.24) is 5.32 Å². The Morgan fingerprint density at radius 1 is 0.889 bits per heavy atom. The number of aliphatic hydroxyl groups is 1. The van der Waals surface area contributed by atoms with Crippen LogP contribution in [0.5, 0.6) is 0 Å². The first kappa shape index (κ1) is 29.3. The van der Waals surface area contributed by atoms with E-state index in [2.05, 4.69) is 71.1 Å². The molecule has 0 aliphatic rings. The van der Waals surface area contributed by atoms with E-state index in [1.165, 1.54) is 5.56 Å². The van der Waals surface area contributed by atoms with Crippen LogP contribution in [0, 0.1) is 19.3 Å². The maximum Gasteiger partial charge on any atom is 0.322 e. The molecule has 36 heavy (non-hydrogen) atoms. The van der Waals surface area contributed by atoms with E-state index >= 15 is 0 Å². The van der Waals surface area contributed by atoms with Gasteiger partial charge in [-0.25, -0.2) is 0 Å². The molecule has 5 heteroatoms. The molecule has 0 radical (unpaired) electrons. The summed E-state index contributed by atoms with van der Waals surface area (Å²) >= 11 is 0. The second-order valence-corrected chi connectivity index (χ2v) is 10.8. The molecule has 0 heterocycles. The minimum Gasteiger partial charge on any atom is -0.480 e. The summed E-state index contributed by atoms with van der Waals surface area (Å²) in [5, 5.41) is 22.4. The molecule has 5 nitrogen and oxygen atoms in total. The highest BCUT2D eigenvalue weighted by molar-refractivity contribution is 5.97. The molecule has 2 aromatic rings. The minimum atomic E-state index is -1.07. The molecule has 0 fully saturated rings. The van der Waals surface area contributed by atoms with E-state index in [4.69, 9.17) is 5.11 Å². The summed E-state index contributed by atoms with van der Waals surface area (Å²) in [5.74, 6) is -1.45. The van der Waals surface area contributed by atoms with E-state index in [0.29, 0.717) is 12.0 Å². The molecule has 0 saturated carbocycles. The summed E-state index contributed by atoms with van der Waals surface area (Å²) in [5.41, 5.74) is 4.51. The molecule has 196 valence electrons. The predicted molar refractivity (Wildman–Crippen MR) is 147 cm³/mol.